The maximum absolute atomic E-state index is 10.4. The van der Waals surface area contributed by atoms with Crippen molar-refractivity contribution in [2.24, 2.45) is 0 Å². The summed E-state index contributed by atoms with van der Waals surface area (Å²) in [5.41, 5.74) is 0.942. The van der Waals surface area contributed by atoms with E-state index in [0.717, 1.165) is 10.2 Å². The molecule has 2 N–H and O–H groups in total. The van der Waals surface area contributed by atoms with Crippen LogP contribution in [-0.2, 0) is 0 Å². The Hall–Kier alpha value is -1.82. The van der Waals surface area contributed by atoms with Gasteiger partial charge >= 0.3 is 6.09 Å². The van der Waals surface area contributed by atoms with Crippen LogP contribution in [0.4, 0.5) is 4.79 Å². The Labute approximate surface area is 107 Å². The summed E-state index contributed by atoms with van der Waals surface area (Å²) in [6, 6.07) is 7.90. The van der Waals surface area contributed by atoms with E-state index in [1.54, 1.807) is 0 Å². The summed E-state index contributed by atoms with van der Waals surface area (Å²) in [5.74, 6) is 0. The number of nitrogens with zero attached hydrogens (tertiary/aromatic N) is 1. The largest absolute Gasteiger partial charge is 0.467 e. The minimum absolute atomic E-state index is 0.0156. The molecule has 0 atom stereocenters. The third-order valence-electron chi connectivity index (χ3n) is 2.96. The number of amides is 1. The van der Waals surface area contributed by atoms with E-state index in [4.69, 9.17) is 9.84 Å². The van der Waals surface area contributed by atoms with Crippen LogP contribution in [0.3, 0.4) is 0 Å². The van der Waals surface area contributed by atoms with E-state index in [0.29, 0.717) is 18.0 Å². The van der Waals surface area contributed by atoms with Crippen LogP contribution in [0.25, 0.3) is 10.2 Å². The van der Waals surface area contributed by atoms with Gasteiger partial charge in [-0.05, 0) is 12.1 Å². The Balaban J connectivity index is 1.59. The minimum atomic E-state index is -0.974. The van der Waals surface area contributed by atoms with Gasteiger partial charge in [-0.3, -0.25) is 0 Å². The Morgan fingerprint density at radius 3 is 2.94 bits per heavy atom. The molecule has 94 valence electrons. The number of carbonyl (C=O) groups is 1. The first-order valence-corrected chi connectivity index (χ1v) is 6.54. The lowest BCUT2D eigenvalue weighted by molar-refractivity contribution is 0.0833. The molecule has 0 radical (unpaired) electrons. The molecule has 1 aliphatic carbocycles. The van der Waals surface area contributed by atoms with Gasteiger partial charge in [0.25, 0.3) is 5.19 Å². The number of fused-ring (bicyclic) bond motifs is 1. The molecule has 0 spiro atoms. The van der Waals surface area contributed by atoms with Crippen molar-refractivity contribution >= 4 is 27.6 Å². The molecule has 3 rings (SSSR count). The number of rotatable bonds is 3. The fourth-order valence-electron chi connectivity index (χ4n) is 2.00. The minimum Gasteiger partial charge on any atom is -0.467 e. The van der Waals surface area contributed by atoms with E-state index in [2.05, 4.69) is 10.3 Å². The SMILES string of the molecule is O=C(O)N[C@H]1C[C@H](Oc2nc3ccccc3s2)C1. The molecule has 0 bridgehead atoms. The molecule has 1 aromatic heterocycles. The highest BCUT2D eigenvalue weighted by atomic mass is 32.1. The van der Waals surface area contributed by atoms with Gasteiger partial charge in [0, 0.05) is 18.9 Å². The van der Waals surface area contributed by atoms with Crippen LogP contribution in [0.1, 0.15) is 12.8 Å². The Morgan fingerprint density at radius 1 is 1.44 bits per heavy atom. The molecule has 1 aliphatic rings. The van der Waals surface area contributed by atoms with Crippen molar-refractivity contribution < 1.29 is 14.6 Å². The third kappa shape index (κ3) is 2.24. The van der Waals surface area contributed by atoms with Crippen LogP contribution in [0, 0.1) is 0 Å². The summed E-state index contributed by atoms with van der Waals surface area (Å²) in [6.45, 7) is 0. The van der Waals surface area contributed by atoms with E-state index in [9.17, 15) is 4.79 Å². The standard InChI is InChI=1S/C12H12N2O3S/c15-11(16)13-7-5-8(6-7)17-12-14-9-3-1-2-4-10(9)18-12/h1-4,7-8,13H,5-6H2,(H,15,16)/t7-,8-. The predicted octanol–water partition coefficient (Wildman–Crippen LogP) is 2.47. The molecular weight excluding hydrogens is 252 g/mol. The van der Waals surface area contributed by atoms with E-state index >= 15 is 0 Å². The predicted molar refractivity (Wildman–Crippen MR) is 68.2 cm³/mol. The Bertz CT molecular complexity index is 544. The lowest BCUT2D eigenvalue weighted by Gasteiger charge is -2.34. The molecular formula is C12H12N2O3S. The number of hydrogen-bond acceptors (Lipinski definition) is 4. The fourth-order valence-corrected chi connectivity index (χ4v) is 2.88. The highest BCUT2D eigenvalue weighted by Gasteiger charge is 2.32. The molecule has 0 aliphatic heterocycles. The molecule has 1 aromatic carbocycles. The van der Waals surface area contributed by atoms with Crippen molar-refractivity contribution in [1.29, 1.82) is 0 Å². The second kappa shape index (κ2) is 4.45. The quantitative estimate of drug-likeness (QED) is 0.893. The highest BCUT2D eigenvalue weighted by molar-refractivity contribution is 7.20. The van der Waals surface area contributed by atoms with Gasteiger partial charge in [0.15, 0.2) is 0 Å². The lowest BCUT2D eigenvalue weighted by atomic mass is 9.89. The van der Waals surface area contributed by atoms with E-state index in [1.165, 1.54) is 11.3 Å². The summed E-state index contributed by atoms with van der Waals surface area (Å²) in [4.78, 5) is 14.8. The number of ether oxygens (including phenoxy) is 1. The first-order chi connectivity index (χ1) is 8.70. The zero-order chi connectivity index (χ0) is 12.5. The number of aromatic nitrogens is 1. The number of carboxylic acid groups (broad SMARTS) is 1. The molecule has 1 amide bonds. The van der Waals surface area contributed by atoms with Crippen molar-refractivity contribution in [2.45, 2.75) is 25.0 Å². The van der Waals surface area contributed by atoms with Crippen molar-refractivity contribution in [3.8, 4) is 5.19 Å². The highest BCUT2D eigenvalue weighted by Crippen LogP contribution is 2.31. The smallest absolute Gasteiger partial charge is 0.404 e. The van der Waals surface area contributed by atoms with Gasteiger partial charge in [-0.25, -0.2) is 9.78 Å². The van der Waals surface area contributed by atoms with E-state index < -0.39 is 6.09 Å². The van der Waals surface area contributed by atoms with E-state index in [-0.39, 0.29) is 12.1 Å². The topological polar surface area (TPSA) is 71.5 Å². The van der Waals surface area contributed by atoms with Gasteiger partial charge < -0.3 is 15.2 Å². The molecule has 5 nitrogen and oxygen atoms in total. The number of para-hydroxylation sites is 1. The molecule has 1 heterocycles. The van der Waals surface area contributed by atoms with Crippen LogP contribution in [0.15, 0.2) is 24.3 Å². The second-order valence-corrected chi connectivity index (χ2v) is 5.30. The van der Waals surface area contributed by atoms with Gasteiger partial charge in [-0.1, -0.05) is 23.5 Å². The second-order valence-electron chi connectivity index (χ2n) is 4.31. The summed E-state index contributed by atoms with van der Waals surface area (Å²) in [7, 11) is 0. The van der Waals surface area contributed by atoms with Gasteiger partial charge in [0.1, 0.15) is 6.10 Å². The first kappa shape index (κ1) is 11.3. The summed E-state index contributed by atoms with van der Waals surface area (Å²) in [6.07, 6.45) is 0.519. The van der Waals surface area contributed by atoms with Gasteiger partial charge in [0.2, 0.25) is 0 Å². The van der Waals surface area contributed by atoms with Crippen molar-refractivity contribution in [3.05, 3.63) is 24.3 Å². The number of benzene rings is 1. The zero-order valence-corrected chi connectivity index (χ0v) is 10.3. The van der Waals surface area contributed by atoms with Crippen molar-refractivity contribution in [1.82, 2.24) is 10.3 Å². The maximum atomic E-state index is 10.4. The van der Waals surface area contributed by atoms with Crippen molar-refractivity contribution in [3.63, 3.8) is 0 Å². The van der Waals surface area contributed by atoms with Crippen LogP contribution in [0.2, 0.25) is 0 Å². The van der Waals surface area contributed by atoms with Crippen LogP contribution >= 0.6 is 11.3 Å². The maximum Gasteiger partial charge on any atom is 0.404 e. The zero-order valence-electron chi connectivity index (χ0n) is 9.50. The number of thiazole rings is 1. The Morgan fingerprint density at radius 2 is 2.22 bits per heavy atom. The van der Waals surface area contributed by atoms with Crippen LogP contribution in [0.5, 0.6) is 5.19 Å². The summed E-state index contributed by atoms with van der Waals surface area (Å²) >= 11 is 1.52. The molecule has 0 unspecified atom stereocenters. The molecule has 2 aromatic rings. The summed E-state index contributed by atoms with van der Waals surface area (Å²) < 4.78 is 6.83. The third-order valence-corrected chi connectivity index (χ3v) is 3.89. The molecule has 18 heavy (non-hydrogen) atoms. The fraction of sp³-hybridized carbons (Fsp3) is 0.333. The Kier molecular flexibility index (Phi) is 2.79. The molecule has 0 saturated heterocycles. The molecule has 1 saturated carbocycles. The average Bonchev–Trinajstić information content (AvgIpc) is 2.67. The number of nitrogens with one attached hydrogen (secondary N) is 1. The average molecular weight is 264 g/mol. The van der Waals surface area contributed by atoms with Gasteiger partial charge in [0.05, 0.1) is 10.2 Å². The monoisotopic (exact) mass is 264 g/mol. The number of hydrogen-bond donors (Lipinski definition) is 2. The van der Waals surface area contributed by atoms with Gasteiger partial charge in [-0.2, -0.15) is 0 Å². The van der Waals surface area contributed by atoms with E-state index in [1.807, 2.05) is 24.3 Å². The molecule has 1 fully saturated rings. The van der Waals surface area contributed by atoms with Crippen LogP contribution < -0.4 is 10.1 Å². The lowest BCUT2D eigenvalue weighted by Crippen LogP contribution is -2.48. The van der Waals surface area contributed by atoms with Crippen molar-refractivity contribution in [2.75, 3.05) is 0 Å². The summed E-state index contributed by atoms with van der Waals surface area (Å²) in [5, 5.41) is 11.7. The first-order valence-electron chi connectivity index (χ1n) is 5.72. The molecule has 6 heteroatoms. The normalized spacial score (nSPS) is 22.4. The van der Waals surface area contributed by atoms with Crippen LogP contribution in [-0.4, -0.2) is 28.3 Å². The van der Waals surface area contributed by atoms with Gasteiger partial charge in [-0.15, -0.1) is 0 Å².